The summed E-state index contributed by atoms with van der Waals surface area (Å²) in [6, 6.07) is 9.28. The molecule has 20 heavy (non-hydrogen) atoms. The van der Waals surface area contributed by atoms with Crippen LogP contribution in [-0.2, 0) is 6.54 Å². The van der Waals surface area contributed by atoms with Crippen LogP contribution >= 0.6 is 34.8 Å². The second kappa shape index (κ2) is 6.32. The van der Waals surface area contributed by atoms with E-state index in [4.69, 9.17) is 40.1 Å². The molecule has 1 N–H and O–H groups in total. The minimum absolute atomic E-state index is 0.00420. The molecule has 2 rings (SSSR count). The summed E-state index contributed by atoms with van der Waals surface area (Å²) in [6.07, 6.45) is 0. The number of hydrogen-bond acceptors (Lipinski definition) is 2. The monoisotopic (exact) mass is 328 g/mol. The minimum atomic E-state index is -0.538. The van der Waals surface area contributed by atoms with E-state index in [9.17, 15) is 4.39 Å². The van der Waals surface area contributed by atoms with E-state index in [-0.39, 0.29) is 5.56 Å². The van der Waals surface area contributed by atoms with E-state index in [2.05, 4.69) is 5.32 Å². The van der Waals surface area contributed by atoms with Gasteiger partial charge < -0.3 is 5.32 Å². The first-order valence-corrected chi connectivity index (χ1v) is 6.71. The first-order valence-electron chi connectivity index (χ1n) is 5.58. The van der Waals surface area contributed by atoms with Crippen molar-refractivity contribution in [2.75, 3.05) is 5.32 Å². The number of benzene rings is 2. The third kappa shape index (κ3) is 3.34. The van der Waals surface area contributed by atoms with Crippen molar-refractivity contribution in [3.05, 3.63) is 62.3 Å². The Labute approximate surface area is 130 Å². The van der Waals surface area contributed by atoms with Crippen molar-refractivity contribution in [2.24, 2.45) is 0 Å². The van der Waals surface area contributed by atoms with E-state index < -0.39 is 5.82 Å². The lowest BCUT2D eigenvalue weighted by atomic mass is 10.1. The number of halogens is 4. The molecule has 0 atom stereocenters. The fourth-order valence-electron chi connectivity index (χ4n) is 1.62. The molecule has 0 heterocycles. The number of anilines is 1. The van der Waals surface area contributed by atoms with Gasteiger partial charge in [-0.2, -0.15) is 5.26 Å². The lowest BCUT2D eigenvalue weighted by Crippen LogP contribution is -2.01. The largest absolute Gasteiger partial charge is 0.380 e. The Kier molecular flexibility index (Phi) is 4.72. The molecule has 0 aromatic heterocycles. The third-order valence-corrected chi connectivity index (χ3v) is 3.68. The van der Waals surface area contributed by atoms with Crippen LogP contribution in [0.3, 0.4) is 0 Å². The Balaban J connectivity index is 2.17. The second-order valence-corrected chi connectivity index (χ2v) is 5.25. The van der Waals surface area contributed by atoms with E-state index in [0.717, 1.165) is 5.56 Å². The molecule has 0 saturated carbocycles. The van der Waals surface area contributed by atoms with Crippen LogP contribution in [0.5, 0.6) is 0 Å². The molecule has 0 bridgehead atoms. The first-order chi connectivity index (χ1) is 9.51. The summed E-state index contributed by atoms with van der Waals surface area (Å²) in [5.74, 6) is -0.538. The molecule has 2 aromatic rings. The van der Waals surface area contributed by atoms with Crippen molar-refractivity contribution in [3.63, 3.8) is 0 Å². The fraction of sp³-hybridized carbons (Fsp3) is 0.0714. The van der Waals surface area contributed by atoms with Crippen molar-refractivity contribution in [3.8, 4) is 6.07 Å². The van der Waals surface area contributed by atoms with Gasteiger partial charge in [-0.3, -0.25) is 0 Å². The van der Waals surface area contributed by atoms with Crippen molar-refractivity contribution < 1.29 is 4.39 Å². The Hall–Kier alpha value is -1.47. The van der Waals surface area contributed by atoms with Gasteiger partial charge in [-0.15, -0.1) is 0 Å². The number of nitrogens with zero attached hydrogens (tertiary/aromatic N) is 1. The van der Waals surface area contributed by atoms with Crippen molar-refractivity contribution in [1.82, 2.24) is 0 Å². The van der Waals surface area contributed by atoms with Gasteiger partial charge >= 0.3 is 0 Å². The van der Waals surface area contributed by atoms with Crippen LogP contribution in [0.2, 0.25) is 15.1 Å². The molecule has 2 nitrogen and oxygen atoms in total. The quantitative estimate of drug-likeness (QED) is 0.779. The van der Waals surface area contributed by atoms with Gasteiger partial charge in [0.05, 0.1) is 26.3 Å². The molecule has 0 aliphatic rings. The minimum Gasteiger partial charge on any atom is -0.380 e. The molecule has 6 heteroatoms. The van der Waals surface area contributed by atoms with Crippen molar-refractivity contribution >= 4 is 40.5 Å². The third-order valence-electron chi connectivity index (χ3n) is 2.64. The van der Waals surface area contributed by atoms with Crippen LogP contribution in [0.4, 0.5) is 10.1 Å². The number of hydrogen-bond donors (Lipinski definition) is 1. The summed E-state index contributed by atoms with van der Waals surface area (Å²) in [4.78, 5) is 0. The Morgan fingerprint density at radius 1 is 1.05 bits per heavy atom. The highest BCUT2D eigenvalue weighted by molar-refractivity contribution is 6.44. The SMILES string of the molecule is N#Cc1cc(CNc2cc(Cl)c(Cl)cc2Cl)ccc1F. The van der Waals surface area contributed by atoms with Crippen LogP contribution in [0.1, 0.15) is 11.1 Å². The summed E-state index contributed by atoms with van der Waals surface area (Å²) in [6.45, 7) is 0.382. The second-order valence-electron chi connectivity index (χ2n) is 4.03. The van der Waals surface area contributed by atoms with Gasteiger partial charge in [0.2, 0.25) is 0 Å². The molecule has 0 spiro atoms. The van der Waals surface area contributed by atoms with Gasteiger partial charge in [0.1, 0.15) is 11.9 Å². The molecular weight excluding hydrogens is 322 g/mol. The predicted octanol–water partition coefficient (Wildman–Crippen LogP) is 5.27. The van der Waals surface area contributed by atoms with Crippen LogP contribution in [0.15, 0.2) is 30.3 Å². The van der Waals surface area contributed by atoms with Gasteiger partial charge in [-0.25, -0.2) is 4.39 Å². The predicted molar refractivity (Wildman–Crippen MR) is 79.9 cm³/mol. The zero-order valence-electron chi connectivity index (χ0n) is 10.1. The van der Waals surface area contributed by atoms with E-state index >= 15 is 0 Å². The van der Waals surface area contributed by atoms with Crippen molar-refractivity contribution in [1.29, 1.82) is 5.26 Å². The fourth-order valence-corrected chi connectivity index (χ4v) is 2.24. The summed E-state index contributed by atoms with van der Waals surface area (Å²) >= 11 is 17.8. The van der Waals surface area contributed by atoms with E-state index in [1.165, 1.54) is 12.1 Å². The summed E-state index contributed by atoms with van der Waals surface area (Å²) < 4.78 is 13.2. The van der Waals surface area contributed by atoms with E-state index in [1.54, 1.807) is 24.3 Å². The molecule has 2 aromatic carbocycles. The lowest BCUT2D eigenvalue weighted by Gasteiger charge is -2.10. The lowest BCUT2D eigenvalue weighted by molar-refractivity contribution is 0.623. The summed E-state index contributed by atoms with van der Waals surface area (Å²) in [5, 5.41) is 13.0. The average molecular weight is 330 g/mol. The van der Waals surface area contributed by atoms with Crippen LogP contribution < -0.4 is 5.32 Å². The van der Waals surface area contributed by atoms with Crippen molar-refractivity contribution in [2.45, 2.75) is 6.54 Å². The number of nitriles is 1. The zero-order chi connectivity index (χ0) is 14.7. The van der Waals surface area contributed by atoms with Gasteiger partial charge in [-0.05, 0) is 29.8 Å². The van der Waals surface area contributed by atoms with Crippen LogP contribution in [0, 0.1) is 17.1 Å². The highest BCUT2D eigenvalue weighted by Gasteiger charge is 2.07. The molecule has 102 valence electrons. The Morgan fingerprint density at radius 2 is 1.75 bits per heavy atom. The van der Waals surface area contributed by atoms with Gasteiger partial charge in [0.15, 0.2) is 0 Å². The van der Waals surface area contributed by atoms with E-state index in [1.807, 2.05) is 0 Å². The highest BCUT2D eigenvalue weighted by atomic mass is 35.5. The molecule has 0 aliphatic carbocycles. The standard InChI is InChI=1S/C14H8Cl3FN2/c15-10-4-12(17)14(5-11(10)16)20-7-8-1-2-13(18)9(3-8)6-19/h1-5,20H,7H2. The van der Waals surface area contributed by atoms with Crippen LogP contribution in [0.25, 0.3) is 0 Å². The molecule has 0 unspecified atom stereocenters. The van der Waals surface area contributed by atoms with Gasteiger partial charge in [0, 0.05) is 6.54 Å². The van der Waals surface area contributed by atoms with Crippen LogP contribution in [-0.4, -0.2) is 0 Å². The maximum absolute atomic E-state index is 13.2. The Morgan fingerprint density at radius 3 is 2.45 bits per heavy atom. The normalized spacial score (nSPS) is 10.2. The maximum Gasteiger partial charge on any atom is 0.140 e. The number of rotatable bonds is 3. The molecule has 0 radical (unpaired) electrons. The molecule has 0 saturated heterocycles. The maximum atomic E-state index is 13.2. The first kappa shape index (κ1) is 14.9. The smallest absolute Gasteiger partial charge is 0.140 e. The topological polar surface area (TPSA) is 35.8 Å². The summed E-state index contributed by atoms with van der Waals surface area (Å²) in [5.41, 5.74) is 1.37. The van der Waals surface area contributed by atoms with E-state index in [0.29, 0.717) is 27.3 Å². The molecule has 0 amide bonds. The Bertz CT molecular complexity index is 696. The molecule has 0 fully saturated rings. The summed E-state index contributed by atoms with van der Waals surface area (Å²) in [7, 11) is 0. The zero-order valence-corrected chi connectivity index (χ0v) is 12.3. The average Bonchev–Trinajstić information content (AvgIpc) is 2.43. The molecular formula is C14H8Cl3FN2. The van der Waals surface area contributed by atoms with Gasteiger partial charge in [0.25, 0.3) is 0 Å². The van der Waals surface area contributed by atoms with Gasteiger partial charge in [-0.1, -0.05) is 40.9 Å². The molecule has 0 aliphatic heterocycles. The highest BCUT2D eigenvalue weighted by Crippen LogP contribution is 2.32. The number of nitrogens with one attached hydrogen (secondary N) is 1.